The van der Waals surface area contributed by atoms with Gasteiger partial charge in [-0.25, -0.2) is 9.18 Å². The van der Waals surface area contributed by atoms with Crippen LogP contribution in [0.5, 0.6) is 5.75 Å². The lowest BCUT2D eigenvalue weighted by molar-refractivity contribution is -0.143. The first-order valence-corrected chi connectivity index (χ1v) is 12.6. The summed E-state index contributed by atoms with van der Waals surface area (Å²) < 4.78 is 106. The zero-order chi connectivity index (χ0) is 31.1. The normalized spacial score (nSPS) is 17.4. The first kappa shape index (κ1) is 30.6. The fraction of sp³-hybridized carbons (Fsp3) is 0.345. The Morgan fingerprint density at radius 1 is 1.02 bits per heavy atom. The molecule has 42 heavy (non-hydrogen) atoms. The molecule has 0 aliphatic carbocycles. The van der Waals surface area contributed by atoms with E-state index in [9.17, 15) is 35.5 Å². The molecule has 0 saturated carbocycles. The number of methoxy groups -OCH3 is 1. The zero-order valence-electron chi connectivity index (χ0n) is 22.7. The largest absolute Gasteiger partial charge is 0.496 e. The highest BCUT2D eigenvalue weighted by molar-refractivity contribution is 5.76. The number of carbonyl (C=O) groups excluding carboxylic acids is 1. The molecule has 222 valence electrons. The molecule has 0 spiro atoms. The van der Waals surface area contributed by atoms with Crippen LogP contribution in [-0.4, -0.2) is 29.1 Å². The third kappa shape index (κ3) is 5.98. The second-order valence-electron chi connectivity index (χ2n) is 10.0. The average Bonchev–Trinajstić information content (AvgIpc) is 3.20. The van der Waals surface area contributed by atoms with E-state index in [0.717, 1.165) is 4.90 Å². The molecule has 6 nitrogen and oxygen atoms in total. The molecular formula is C29H24F7N3O3. The highest BCUT2D eigenvalue weighted by Crippen LogP contribution is 2.42. The topological polar surface area (TPSA) is 56.0 Å². The van der Waals surface area contributed by atoms with Crippen LogP contribution in [0.25, 0.3) is 16.0 Å². The van der Waals surface area contributed by atoms with Crippen molar-refractivity contribution < 1.29 is 45.0 Å². The SMILES string of the molecule is [C-]#[N+]c1ccc(-c2cc(C(C)C)c(F)cc2OC)c(CN2C(=O)O[C@H](c3cc(C(F)(F)F)cc(C(F)(F)F)c3)[C@@H]2C)n1. The Morgan fingerprint density at radius 2 is 1.64 bits per heavy atom. The van der Waals surface area contributed by atoms with Gasteiger partial charge in [-0.1, -0.05) is 26.5 Å². The summed E-state index contributed by atoms with van der Waals surface area (Å²) in [5.74, 6) is -0.605. The average molecular weight is 596 g/mol. The van der Waals surface area contributed by atoms with Gasteiger partial charge in [0.15, 0.2) is 5.69 Å². The highest BCUT2D eigenvalue weighted by atomic mass is 19.4. The van der Waals surface area contributed by atoms with Gasteiger partial charge < -0.3 is 14.3 Å². The summed E-state index contributed by atoms with van der Waals surface area (Å²) in [6.45, 7) is 12.0. The molecule has 2 heterocycles. The summed E-state index contributed by atoms with van der Waals surface area (Å²) in [6, 6.07) is 5.73. The molecule has 4 rings (SSSR count). The van der Waals surface area contributed by atoms with Gasteiger partial charge in [0, 0.05) is 17.2 Å². The van der Waals surface area contributed by atoms with Crippen LogP contribution >= 0.6 is 0 Å². The summed E-state index contributed by atoms with van der Waals surface area (Å²) in [4.78, 5) is 21.7. The van der Waals surface area contributed by atoms with Crippen molar-refractivity contribution in [2.24, 2.45) is 0 Å². The van der Waals surface area contributed by atoms with E-state index in [1.165, 1.54) is 26.2 Å². The van der Waals surface area contributed by atoms with Crippen molar-refractivity contribution in [3.63, 3.8) is 0 Å². The van der Waals surface area contributed by atoms with Crippen LogP contribution in [0, 0.1) is 12.4 Å². The molecule has 3 aromatic rings. The molecule has 1 aliphatic heterocycles. The standard InChI is InChI=1S/C29H24F7N3O3/c1-14(2)20-11-21(24(41-5)12-22(20)30)19-6-7-25(37-4)38-23(19)13-39-15(3)26(42-27(39)40)16-8-17(28(31,32)33)10-18(9-16)29(34,35)36/h6-12,14-15,26H,13H2,1-3,5H3/t15-,26-/m0/s1. The zero-order valence-corrected chi connectivity index (χ0v) is 22.7. The second kappa shape index (κ2) is 11.2. The summed E-state index contributed by atoms with van der Waals surface area (Å²) in [7, 11) is 1.34. The minimum Gasteiger partial charge on any atom is -0.496 e. The van der Waals surface area contributed by atoms with E-state index in [1.54, 1.807) is 26.0 Å². The number of pyridine rings is 1. The lowest BCUT2D eigenvalue weighted by atomic mass is 9.94. The Morgan fingerprint density at radius 3 is 2.17 bits per heavy atom. The maximum Gasteiger partial charge on any atom is 0.416 e. The molecule has 0 radical (unpaired) electrons. The molecule has 0 unspecified atom stereocenters. The Balaban J connectivity index is 1.78. The van der Waals surface area contributed by atoms with Crippen LogP contribution in [0.2, 0.25) is 0 Å². The molecular weight excluding hydrogens is 571 g/mol. The highest BCUT2D eigenvalue weighted by Gasteiger charge is 2.44. The third-order valence-electron chi connectivity index (χ3n) is 6.96. The summed E-state index contributed by atoms with van der Waals surface area (Å²) in [5, 5.41) is 0. The van der Waals surface area contributed by atoms with Crippen LogP contribution in [0.1, 0.15) is 60.7 Å². The van der Waals surface area contributed by atoms with Crippen molar-refractivity contribution >= 4 is 11.9 Å². The number of nitrogens with zero attached hydrogens (tertiary/aromatic N) is 3. The number of hydrogen-bond acceptors (Lipinski definition) is 4. The van der Waals surface area contributed by atoms with Gasteiger partial charge in [-0.15, -0.1) is 4.98 Å². The molecule has 2 atom stereocenters. The van der Waals surface area contributed by atoms with Gasteiger partial charge in [-0.05, 0) is 54.3 Å². The first-order chi connectivity index (χ1) is 19.5. The number of cyclic esters (lactones) is 1. The number of carbonyl (C=O) groups is 1. The Hall–Kier alpha value is -4.34. The van der Waals surface area contributed by atoms with Gasteiger partial charge >= 0.3 is 18.4 Å². The molecule has 1 fully saturated rings. The second-order valence-corrected chi connectivity index (χ2v) is 10.0. The number of aromatic nitrogens is 1. The maximum absolute atomic E-state index is 14.7. The predicted octanol–water partition coefficient (Wildman–Crippen LogP) is 8.69. The van der Waals surface area contributed by atoms with Gasteiger partial charge in [0.05, 0.1) is 30.8 Å². The lowest BCUT2D eigenvalue weighted by Gasteiger charge is -2.22. The van der Waals surface area contributed by atoms with Gasteiger partial charge in [-0.2, -0.15) is 26.3 Å². The van der Waals surface area contributed by atoms with Crippen molar-refractivity contribution in [2.75, 3.05) is 7.11 Å². The van der Waals surface area contributed by atoms with Crippen molar-refractivity contribution in [1.29, 1.82) is 0 Å². The number of amides is 1. The summed E-state index contributed by atoms with van der Waals surface area (Å²) in [6.07, 6.45) is -12.6. The van der Waals surface area contributed by atoms with Gasteiger partial charge in [0.1, 0.15) is 17.7 Å². The van der Waals surface area contributed by atoms with E-state index < -0.39 is 53.1 Å². The predicted molar refractivity (Wildman–Crippen MR) is 137 cm³/mol. The van der Waals surface area contributed by atoms with Crippen molar-refractivity contribution in [3.8, 4) is 16.9 Å². The van der Waals surface area contributed by atoms with Crippen molar-refractivity contribution in [3.05, 3.63) is 87.6 Å². The third-order valence-corrected chi connectivity index (χ3v) is 6.96. The molecule has 1 saturated heterocycles. The molecule has 13 heteroatoms. The number of alkyl halides is 6. The fourth-order valence-corrected chi connectivity index (χ4v) is 4.78. The van der Waals surface area contributed by atoms with E-state index in [-0.39, 0.29) is 35.8 Å². The van der Waals surface area contributed by atoms with Crippen molar-refractivity contribution in [2.45, 2.75) is 57.7 Å². The van der Waals surface area contributed by atoms with E-state index in [2.05, 4.69) is 9.83 Å². The number of benzene rings is 2. The summed E-state index contributed by atoms with van der Waals surface area (Å²) >= 11 is 0. The monoisotopic (exact) mass is 595 g/mol. The van der Waals surface area contributed by atoms with Gasteiger partial charge in [0.25, 0.3) is 5.82 Å². The first-order valence-electron chi connectivity index (χ1n) is 12.6. The van der Waals surface area contributed by atoms with Crippen molar-refractivity contribution in [1.82, 2.24) is 9.88 Å². The van der Waals surface area contributed by atoms with Crippen LogP contribution < -0.4 is 4.74 Å². The number of ether oxygens (including phenoxy) is 2. The molecule has 1 aromatic heterocycles. The molecule has 1 aliphatic rings. The Kier molecular flexibility index (Phi) is 8.13. The summed E-state index contributed by atoms with van der Waals surface area (Å²) in [5.41, 5.74) is -2.24. The van der Waals surface area contributed by atoms with Gasteiger partial charge in [0.2, 0.25) is 0 Å². The maximum atomic E-state index is 14.7. The number of halogens is 7. The smallest absolute Gasteiger partial charge is 0.416 e. The fourth-order valence-electron chi connectivity index (χ4n) is 4.78. The van der Waals surface area contributed by atoms with Crippen LogP contribution in [0.4, 0.5) is 41.3 Å². The minimum atomic E-state index is -5.08. The molecule has 2 aromatic carbocycles. The van der Waals surface area contributed by atoms with E-state index in [1.807, 2.05) is 0 Å². The molecule has 1 amide bonds. The van der Waals surface area contributed by atoms with Gasteiger partial charge in [-0.3, -0.25) is 4.90 Å². The van der Waals surface area contributed by atoms with E-state index in [4.69, 9.17) is 16.0 Å². The Labute approximate surface area is 236 Å². The molecule has 0 bridgehead atoms. The van der Waals surface area contributed by atoms with E-state index in [0.29, 0.717) is 28.8 Å². The van der Waals surface area contributed by atoms with Crippen LogP contribution in [-0.2, 0) is 23.6 Å². The quantitative estimate of drug-likeness (QED) is 0.211. The van der Waals surface area contributed by atoms with E-state index >= 15 is 0 Å². The lowest BCUT2D eigenvalue weighted by Crippen LogP contribution is -2.32. The number of rotatable bonds is 6. The minimum absolute atomic E-state index is 0.00372. The molecule has 0 N–H and O–H groups in total. The Bertz CT molecular complexity index is 1530. The van der Waals surface area contributed by atoms with Crippen LogP contribution in [0.3, 0.4) is 0 Å². The van der Waals surface area contributed by atoms with Crippen LogP contribution in [0.15, 0.2) is 42.5 Å². The number of hydrogen-bond donors (Lipinski definition) is 0.